The number of hydrogen-bond acceptors (Lipinski definition) is 6. The van der Waals surface area contributed by atoms with Crippen LogP contribution in [0, 0.1) is 0 Å². The van der Waals surface area contributed by atoms with E-state index in [0.717, 1.165) is 25.3 Å². The summed E-state index contributed by atoms with van der Waals surface area (Å²) in [6.45, 7) is 0. The number of carbonyl (C=O) groups excluding carboxylic acids is 2. The number of oxazole rings is 1. The molecule has 2 heterocycles. The minimum Gasteiger partial charge on any atom is -0.417 e. The van der Waals surface area contributed by atoms with Gasteiger partial charge in [0.05, 0.1) is 5.57 Å². The molecule has 3 aromatic carbocycles. The van der Waals surface area contributed by atoms with E-state index in [-0.39, 0.29) is 17.1 Å². The number of thiazole rings is 1. The lowest BCUT2D eigenvalue weighted by molar-refractivity contribution is 0.0990. The van der Waals surface area contributed by atoms with Gasteiger partial charge in [-0.15, -0.1) is 0 Å². The smallest absolute Gasteiger partial charge is 0.259 e. The normalized spacial score (nSPS) is 13.4. The van der Waals surface area contributed by atoms with Gasteiger partial charge in [0.25, 0.3) is 5.71 Å². The Hall–Kier alpha value is -2.94. The highest BCUT2D eigenvalue weighted by molar-refractivity contribution is 9.13. The number of carbonyl (C=O) groups is 2. The predicted octanol–water partition coefficient (Wildman–Crippen LogP) is 7.09. The van der Waals surface area contributed by atoms with Crippen molar-refractivity contribution in [1.82, 2.24) is 9.97 Å². The van der Waals surface area contributed by atoms with Crippen molar-refractivity contribution >= 4 is 82.2 Å². The number of fused-ring (bicyclic) bond motifs is 3. The first-order chi connectivity index (χ1) is 15.5. The van der Waals surface area contributed by atoms with Crippen molar-refractivity contribution in [2.24, 2.45) is 0 Å². The van der Waals surface area contributed by atoms with Crippen LogP contribution in [-0.4, -0.2) is 21.5 Å². The van der Waals surface area contributed by atoms with Crippen LogP contribution >= 0.6 is 43.2 Å². The standard InChI is InChI=1S/C24H10Br2N2O3S/c25-17-8-12-6-14-15(7-13(12)9-18(17)26)21(30)16(20(14)29)10-19-27-23-24(32-19)28-22(31-23)11-4-2-1-3-5-11/h1-10H. The lowest BCUT2D eigenvalue weighted by atomic mass is 10.0. The van der Waals surface area contributed by atoms with E-state index in [1.165, 1.54) is 17.4 Å². The second-order valence-corrected chi connectivity index (χ2v) is 9.99. The number of rotatable bonds is 2. The molecular formula is C24H10Br2N2O3S. The van der Waals surface area contributed by atoms with Crippen molar-refractivity contribution in [2.45, 2.75) is 0 Å². The van der Waals surface area contributed by atoms with Gasteiger partial charge in [-0.1, -0.05) is 29.5 Å². The highest BCUT2D eigenvalue weighted by Gasteiger charge is 2.34. The van der Waals surface area contributed by atoms with Gasteiger partial charge in [0.1, 0.15) is 5.01 Å². The third kappa shape index (κ3) is 3.09. The predicted molar refractivity (Wildman–Crippen MR) is 131 cm³/mol. The summed E-state index contributed by atoms with van der Waals surface area (Å²) in [5.74, 6) is -0.102. The number of Topliss-reactive ketones (excluding diaryl/α,β-unsaturated/α-hetero) is 2. The molecule has 0 saturated heterocycles. The maximum Gasteiger partial charge on any atom is 0.259 e. The van der Waals surface area contributed by atoms with E-state index in [9.17, 15) is 9.59 Å². The van der Waals surface area contributed by atoms with E-state index in [0.29, 0.717) is 32.6 Å². The van der Waals surface area contributed by atoms with Crippen LogP contribution in [0.1, 0.15) is 25.7 Å². The van der Waals surface area contributed by atoms with Gasteiger partial charge < -0.3 is 4.42 Å². The second kappa shape index (κ2) is 7.30. The van der Waals surface area contributed by atoms with Crippen molar-refractivity contribution < 1.29 is 14.0 Å². The summed E-state index contributed by atoms with van der Waals surface area (Å²) in [4.78, 5) is 35.6. The molecule has 0 fully saturated rings. The Kier molecular flexibility index (Phi) is 4.50. The van der Waals surface area contributed by atoms with E-state index in [1.807, 2.05) is 42.5 Å². The number of allylic oxidation sites excluding steroid dienone is 1. The molecule has 5 nitrogen and oxygen atoms in total. The van der Waals surface area contributed by atoms with Gasteiger partial charge in [-0.2, -0.15) is 9.97 Å². The molecule has 0 amide bonds. The number of aromatic nitrogens is 2. The molecule has 0 N–H and O–H groups in total. The second-order valence-electron chi connectivity index (χ2n) is 7.27. The maximum absolute atomic E-state index is 13.0. The number of benzene rings is 3. The molecule has 1 aliphatic rings. The Morgan fingerprint density at radius 2 is 1.47 bits per heavy atom. The lowest BCUT2D eigenvalue weighted by Gasteiger charge is -2.04. The van der Waals surface area contributed by atoms with Crippen LogP contribution in [0.2, 0.25) is 0 Å². The number of ketones is 2. The first-order valence-electron chi connectivity index (χ1n) is 9.54. The third-order valence-electron chi connectivity index (χ3n) is 5.28. The van der Waals surface area contributed by atoms with Crippen LogP contribution in [0.25, 0.3) is 38.8 Å². The van der Waals surface area contributed by atoms with Crippen molar-refractivity contribution in [3.63, 3.8) is 0 Å². The highest BCUT2D eigenvalue weighted by Crippen LogP contribution is 2.36. The van der Waals surface area contributed by atoms with Crippen molar-refractivity contribution in [3.8, 4) is 11.5 Å². The van der Waals surface area contributed by atoms with E-state index >= 15 is 0 Å². The molecule has 0 saturated carbocycles. The molecular weight excluding hydrogens is 556 g/mol. The van der Waals surface area contributed by atoms with Crippen LogP contribution in [0.5, 0.6) is 0 Å². The summed E-state index contributed by atoms with van der Waals surface area (Å²) in [7, 11) is 0. The quantitative estimate of drug-likeness (QED) is 0.169. The summed E-state index contributed by atoms with van der Waals surface area (Å²) in [5.41, 5.74) is 2.17. The Labute approximate surface area is 202 Å². The Morgan fingerprint density at radius 1 is 0.844 bits per heavy atom. The van der Waals surface area contributed by atoms with Crippen molar-refractivity contribution in [2.75, 3.05) is 0 Å². The van der Waals surface area contributed by atoms with Crippen LogP contribution in [0.4, 0.5) is 0 Å². The van der Waals surface area contributed by atoms with Crippen LogP contribution in [0.3, 0.4) is 0 Å². The zero-order chi connectivity index (χ0) is 22.0. The minimum atomic E-state index is -0.296. The number of nitrogens with zero attached hydrogens (tertiary/aromatic N) is 2. The van der Waals surface area contributed by atoms with Crippen molar-refractivity contribution in [3.05, 3.63) is 85.3 Å². The van der Waals surface area contributed by atoms with Gasteiger partial charge in [0.2, 0.25) is 5.89 Å². The molecule has 154 valence electrons. The largest absolute Gasteiger partial charge is 0.417 e. The molecule has 0 bridgehead atoms. The van der Waals surface area contributed by atoms with Crippen LogP contribution in [0.15, 0.2) is 73.5 Å². The maximum atomic E-state index is 13.0. The number of hydrogen-bond donors (Lipinski definition) is 0. The van der Waals surface area contributed by atoms with E-state index in [2.05, 4.69) is 41.8 Å². The molecule has 6 rings (SSSR count). The molecule has 0 atom stereocenters. The zero-order valence-electron chi connectivity index (χ0n) is 16.1. The minimum absolute atomic E-state index is 0.105. The molecule has 0 aliphatic heterocycles. The summed E-state index contributed by atoms with van der Waals surface area (Å²) in [6, 6.07) is 16.9. The summed E-state index contributed by atoms with van der Waals surface area (Å²) >= 11 is 8.24. The Balaban J connectivity index is 1.39. The zero-order valence-corrected chi connectivity index (χ0v) is 20.0. The molecule has 0 unspecified atom stereocenters. The van der Waals surface area contributed by atoms with Crippen LogP contribution in [-0.2, 0) is 0 Å². The van der Waals surface area contributed by atoms with E-state index < -0.39 is 0 Å². The molecule has 32 heavy (non-hydrogen) atoms. The molecule has 0 spiro atoms. The average molecular weight is 566 g/mol. The monoisotopic (exact) mass is 564 g/mol. The van der Waals surface area contributed by atoms with E-state index in [1.54, 1.807) is 12.1 Å². The topological polar surface area (TPSA) is 73.1 Å². The summed E-state index contributed by atoms with van der Waals surface area (Å²) in [6.07, 6.45) is 1.53. The summed E-state index contributed by atoms with van der Waals surface area (Å²) < 4.78 is 7.53. The molecule has 5 aromatic rings. The first kappa shape index (κ1) is 19.7. The van der Waals surface area contributed by atoms with Crippen molar-refractivity contribution in [1.29, 1.82) is 0 Å². The SMILES string of the molecule is O=C1C(=Cc2nc3oc(-c4ccccc4)nc3s2)C(=O)c2cc3cc(Br)c(Br)cc3cc21. The molecule has 8 heteroatoms. The van der Waals surface area contributed by atoms with Gasteiger partial charge in [0.15, 0.2) is 16.4 Å². The fraction of sp³-hybridized carbons (Fsp3) is 0. The highest BCUT2D eigenvalue weighted by atomic mass is 79.9. The fourth-order valence-corrected chi connectivity index (χ4v) is 5.27. The van der Waals surface area contributed by atoms with Crippen LogP contribution < -0.4 is 0 Å². The average Bonchev–Trinajstić information content (AvgIpc) is 3.42. The fourth-order valence-electron chi connectivity index (χ4n) is 3.74. The number of halogens is 2. The van der Waals surface area contributed by atoms with Gasteiger partial charge in [-0.05, 0) is 85.1 Å². The Bertz CT molecular complexity index is 1540. The van der Waals surface area contributed by atoms with Gasteiger partial charge in [-0.25, -0.2) is 0 Å². The van der Waals surface area contributed by atoms with E-state index in [4.69, 9.17) is 4.42 Å². The van der Waals surface area contributed by atoms with Gasteiger partial charge in [0, 0.05) is 25.6 Å². The molecule has 2 aromatic heterocycles. The molecule has 1 aliphatic carbocycles. The third-order valence-corrected chi connectivity index (χ3v) is 8.00. The Morgan fingerprint density at radius 3 is 2.06 bits per heavy atom. The van der Waals surface area contributed by atoms with Gasteiger partial charge >= 0.3 is 0 Å². The lowest BCUT2D eigenvalue weighted by Crippen LogP contribution is -2.00. The summed E-state index contributed by atoms with van der Waals surface area (Å²) in [5, 5.41) is 2.27. The first-order valence-corrected chi connectivity index (χ1v) is 11.9. The van der Waals surface area contributed by atoms with Gasteiger partial charge in [-0.3, -0.25) is 9.59 Å². The molecule has 0 radical (unpaired) electrons.